The number of benzene rings is 1. The largest absolute Gasteiger partial charge is 0.378 e. The Morgan fingerprint density at radius 1 is 1.05 bits per heavy atom. The molecule has 4 rings (SSSR count). The SMILES string of the molecule is O=C(CC1CCCCO1)N(C1CC1)C1Cc2ccccc2C1. The van der Waals surface area contributed by atoms with Crippen LogP contribution in [-0.4, -0.2) is 35.6 Å². The zero-order valence-corrected chi connectivity index (χ0v) is 13.2. The smallest absolute Gasteiger partial charge is 0.225 e. The molecule has 118 valence electrons. The van der Waals surface area contributed by atoms with Gasteiger partial charge in [0.15, 0.2) is 0 Å². The van der Waals surface area contributed by atoms with Crippen LogP contribution in [0.25, 0.3) is 0 Å². The predicted octanol–water partition coefficient (Wildman–Crippen LogP) is 3.10. The molecular formula is C19H25NO2. The Labute approximate surface area is 132 Å². The van der Waals surface area contributed by atoms with E-state index in [0.29, 0.717) is 24.4 Å². The van der Waals surface area contributed by atoms with Crippen molar-refractivity contribution in [2.24, 2.45) is 0 Å². The second-order valence-corrected chi connectivity index (χ2v) is 7.06. The number of ether oxygens (including phenoxy) is 1. The van der Waals surface area contributed by atoms with Crippen LogP contribution in [-0.2, 0) is 22.4 Å². The van der Waals surface area contributed by atoms with E-state index < -0.39 is 0 Å². The Morgan fingerprint density at radius 3 is 2.36 bits per heavy atom. The first-order valence-corrected chi connectivity index (χ1v) is 8.81. The van der Waals surface area contributed by atoms with Gasteiger partial charge in [-0.15, -0.1) is 0 Å². The van der Waals surface area contributed by atoms with Crippen LogP contribution in [0.4, 0.5) is 0 Å². The highest BCUT2D eigenvalue weighted by Gasteiger charge is 2.40. The molecule has 1 saturated carbocycles. The van der Waals surface area contributed by atoms with Gasteiger partial charge in [0.05, 0.1) is 12.5 Å². The normalized spacial score (nSPS) is 25.0. The average Bonchev–Trinajstić information content (AvgIpc) is 3.26. The number of carbonyl (C=O) groups excluding carboxylic acids is 1. The first kappa shape index (κ1) is 14.3. The minimum Gasteiger partial charge on any atom is -0.378 e. The number of hydrogen-bond donors (Lipinski definition) is 0. The van der Waals surface area contributed by atoms with E-state index in [1.165, 1.54) is 30.4 Å². The lowest BCUT2D eigenvalue weighted by Gasteiger charge is -2.31. The van der Waals surface area contributed by atoms with Gasteiger partial charge < -0.3 is 9.64 Å². The van der Waals surface area contributed by atoms with Crippen LogP contribution in [0, 0.1) is 0 Å². The topological polar surface area (TPSA) is 29.5 Å². The quantitative estimate of drug-likeness (QED) is 0.855. The van der Waals surface area contributed by atoms with E-state index in [1.54, 1.807) is 0 Å². The minimum absolute atomic E-state index is 0.159. The third-order valence-corrected chi connectivity index (χ3v) is 5.33. The van der Waals surface area contributed by atoms with Crippen molar-refractivity contribution < 1.29 is 9.53 Å². The van der Waals surface area contributed by atoms with Gasteiger partial charge in [0.25, 0.3) is 0 Å². The fourth-order valence-electron chi connectivity index (χ4n) is 4.06. The van der Waals surface area contributed by atoms with Gasteiger partial charge in [-0.05, 0) is 56.1 Å². The molecule has 0 radical (unpaired) electrons. The Hall–Kier alpha value is -1.35. The Kier molecular flexibility index (Phi) is 3.91. The zero-order valence-electron chi connectivity index (χ0n) is 13.2. The summed E-state index contributed by atoms with van der Waals surface area (Å²) < 4.78 is 5.78. The molecule has 2 fully saturated rings. The Balaban J connectivity index is 1.44. The highest BCUT2D eigenvalue weighted by Crippen LogP contribution is 2.35. The van der Waals surface area contributed by atoms with Crippen molar-refractivity contribution in [1.29, 1.82) is 0 Å². The molecule has 1 unspecified atom stereocenters. The highest BCUT2D eigenvalue weighted by molar-refractivity contribution is 5.78. The second kappa shape index (κ2) is 6.04. The summed E-state index contributed by atoms with van der Waals surface area (Å²) in [5.74, 6) is 0.326. The number of rotatable bonds is 4. The summed E-state index contributed by atoms with van der Waals surface area (Å²) in [6.45, 7) is 0.830. The first-order chi connectivity index (χ1) is 10.8. The summed E-state index contributed by atoms with van der Waals surface area (Å²) in [5, 5.41) is 0. The van der Waals surface area contributed by atoms with E-state index in [-0.39, 0.29) is 6.10 Å². The van der Waals surface area contributed by atoms with Gasteiger partial charge in [-0.2, -0.15) is 0 Å². The summed E-state index contributed by atoms with van der Waals surface area (Å²) >= 11 is 0. The predicted molar refractivity (Wildman–Crippen MR) is 85.7 cm³/mol. The summed E-state index contributed by atoms with van der Waals surface area (Å²) in [6.07, 6.45) is 8.58. The molecular weight excluding hydrogens is 274 g/mol. The monoisotopic (exact) mass is 299 g/mol. The van der Waals surface area contributed by atoms with Crippen molar-refractivity contribution in [2.75, 3.05) is 6.61 Å². The molecule has 1 aromatic carbocycles. The molecule has 3 heteroatoms. The number of nitrogens with zero attached hydrogens (tertiary/aromatic N) is 1. The van der Waals surface area contributed by atoms with E-state index in [9.17, 15) is 4.79 Å². The van der Waals surface area contributed by atoms with Gasteiger partial charge in [0, 0.05) is 18.7 Å². The lowest BCUT2D eigenvalue weighted by Crippen LogP contribution is -2.44. The molecule has 0 aromatic heterocycles. The number of carbonyl (C=O) groups is 1. The Bertz CT molecular complexity index is 521. The molecule has 0 spiro atoms. The van der Waals surface area contributed by atoms with E-state index in [1.807, 2.05) is 0 Å². The molecule has 1 atom stereocenters. The molecule has 1 aromatic rings. The van der Waals surface area contributed by atoms with E-state index in [2.05, 4.69) is 29.2 Å². The number of fused-ring (bicyclic) bond motifs is 1. The van der Waals surface area contributed by atoms with Gasteiger partial charge in [0.2, 0.25) is 5.91 Å². The molecule has 0 bridgehead atoms. The van der Waals surface area contributed by atoms with Crippen molar-refractivity contribution in [3.8, 4) is 0 Å². The minimum atomic E-state index is 0.159. The van der Waals surface area contributed by atoms with E-state index in [0.717, 1.165) is 32.3 Å². The van der Waals surface area contributed by atoms with Crippen LogP contribution in [0.1, 0.15) is 49.7 Å². The van der Waals surface area contributed by atoms with Crippen molar-refractivity contribution in [3.63, 3.8) is 0 Å². The maximum atomic E-state index is 12.9. The van der Waals surface area contributed by atoms with Gasteiger partial charge in [-0.3, -0.25) is 4.79 Å². The molecule has 0 N–H and O–H groups in total. The van der Waals surface area contributed by atoms with Crippen LogP contribution in [0.3, 0.4) is 0 Å². The molecule has 1 heterocycles. The average molecular weight is 299 g/mol. The maximum absolute atomic E-state index is 12.9. The van der Waals surface area contributed by atoms with Crippen LogP contribution in [0.15, 0.2) is 24.3 Å². The molecule has 2 aliphatic carbocycles. The lowest BCUT2D eigenvalue weighted by atomic mass is 10.0. The molecule has 1 amide bonds. The van der Waals surface area contributed by atoms with Gasteiger partial charge in [-0.1, -0.05) is 24.3 Å². The fourth-order valence-corrected chi connectivity index (χ4v) is 4.06. The highest BCUT2D eigenvalue weighted by atomic mass is 16.5. The summed E-state index contributed by atoms with van der Waals surface area (Å²) in [7, 11) is 0. The fraction of sp³-hybridized carbons (Fsp3) is 0.632. The zero-order chi connectivity index (χ0) is 14.9. The van der Waals surface area contributed by atoms with Crippen LogP contribution >= 0.6 is 0 Å². The van der Waals surface area contributed by atoms with Gasteiger partial charge in [0.1, 0.15) is 0 Å². The molecule has 3 aliphatic rings. The van der Waals surface area contributed by atoms with Crippen LogP contribution in [0.2, 0.25) is 0 Å². The van der Waals surface area contributed by atoms with E-state index >= 15 is 0 Å². The first-order valence-electron chi connectivity index (χ1n) is 8.81. The molecule has 22 heavy (non-hydrogen) atoms. The Morgan fingerprint density at radius 2 is 1.77 bits per heavy atom. The molecule has 1 aliphatic heterocycles. The lowest BCUT2D eigenvalue weighted by molar-refractivity contribution is -0.138. The molecule has 3 nitrogen and oxygen atoms in total. The third kappa shape index (κ3) is 2.91. The standard InChI is InChI=1S/C19H25NO2/c21-19(13-18-7-3-4-10-22-18)20(16-8-9-16)17-11-14-5-1-2-6-15(14)12-17/h1-2,5-6,16-18H,3-4,7-13H2. The van der Waals surface area contributed by atoms with Crippen molar-refractivity contribution in [3.05, 3.63) is 35.4 Å². The van der Waals surface area contributed by atoms with Crippen molar-refractivity contribution in [1.82, 2.24) is 4.90 Å². The second-order valence-electron chi connectivity index (χ2n) is 7.06. The number of hydrogen-bond acceptors (Lipinski definition) is 2. The van der Waals surface area contributed by atoms with Crippen LogP contribution < -0.4 is 0 Å². The summed E-state index contributed by atoms with van der Waals surface area (Å²) in [5.41, 5.74) is 2.86. The number of amides is 1. The van der Waals surface area contributed by atoms with Gasteiger partial charge >= 0.3 is 0 Å². The van der Waals surface area contributed by atoms with Crippen molar-refractivity contribution in [2.45, 2.75) is 69.6 Å². The van der Waals surface area contributed by atoms with Gasteiger partial charge in [-0.25, -0.2) is 0 Å². The third-order valence-electron chi connectivity index (χ3n) is 5.33. The maximum Gasteiger partial charge on any atom is 0.225 e. The van der Waals surface area contributed by atoms with E-state index in [4.69, 9.17) is 4.74 Å². The summed E-state index contributed by atoms with van der Waals surface area (Å²) in [6, 6.07) is 9.53. The van der Waals surface area contributed by atoms with Crippen molar-refractivity contribution >= 4 is 5.91 Å². The van der Waals surface area contributed by atoms with Crippen LogP contribution in [0.5, 0.6) is 0 Å². The summed E-state index contributed by atoms with van der Waals surface area (Å²) in [4.78, 5) is 15.1. The molecule has 1 saturated heterocycles.